The molecule has 1 aromatic heterocycles. The van der Waals surface area contributed by atoms with E-state index in [0.29, 0.717) is 13.0 Å². The summed E-state index contributed by atoms with van der Waals surface area (Å²) in [4.78, 5) is 12.7. The lowest BCUT2D eigenvalue weighted by molar-refractivity contribution is -0.121. The molecule has 0 saturated carbocycles. The van der Waals surface area contributed by atoms with Gasteiger partial charge in [-0.05, 0) is 31.2 Å². The summed E-state index contributed by atoms with van der Waals surface area (Å²) in [5.41, 5.74) is 0.988. The molecule has 0 aromatic carbocycles. The van der Waals surface area contributed by atoms with Crippen LogP contribution < -0.4 is 5.32 Å². The minimum absolute atomic E-state index is 0.120. The van der Waals surface area contributed by atoms with Gasteiger partial charge in [-0.1, -0.05) is 18.2 Å². The van der Waals surface area contributed by atoms with Crippen LogP contribution in [0.1, 0.15) is 24.6 Å². The van der Waals surface area contributed by atoms with Gasteiger partial charge in [0.15, 0.2) is 0 Å². The molecule has 1 heterocycles. The summed E-state index contributed by atoms with van der Waals surface area (Å²) in [5.74, 6) is 0.120. The fourth-order valence-electron chi connectivity index (χ4n) is 1.22. The fraction of sp³-hybridized carbons (Fsp3) is 0.417. The van der Waals surface area contributed by atoms with Crippen LogP contribution in [-0.2, 0) is 11.2 Å². The summed E-state index contributed by atoms with van der Waals surface area (Å²) in [5, 5.41) is 4.89. The predicted octanol–water partition coefficient (Wildman–Crippen LogP) is 2.76. The molecule has 1 amide bonds. The third-order valence-corrected chi connectivity index (χ3v) is 2.93. The van der Waals surface area contributed by atoms with Crippen LogP contribution in [0.5, 0.6) is 0 Å². The molecule has 15 heavy (non-hydrogen) atoms. The van der Waals surface area contributed by atoms with E-state index in [1.807, 2.05) is 13.0 Å². The van der Waals surface area contributed by atoms with E-state index in [1.54, 1.807) is 11.3 Å². The summed E-state index contributed by atoms with van der Waals surface area (Å²) in [6.07, 6.45) is 2.52. The van der Waals surface area contributed by atoms with E-state index in [1.165, 1.54) is 4.88 Å². The van der Waals surface area contributed by atoms with Gasteiger partial charge in [0.2, 0.25) is 5.91 Å². The van der Waals surface area contributed by atoms with E-state index in [-0.39, 0.29) is 5.91 Å². The number of thiophene rings is 1. The van der Waals surface area contributed by atoms with Gasteiger partial charge in [-0.2, -0.15) is 0 Å². The Morgan fingerprint density at radius 1 is 1.60 bits per heavy atom. The molecule has 0 atom stereocenters. The molecule has 0 unspecified atom stereocenters. The lowest BCUT2D eigenvalue weighted by atomic mass is 10.2. The lowest BCUT2D eigenvalue weighted by Crippen LogP contribution is -2.24. The van der Waals surface area contributed by atoms with Crippen LogP contribution in [0.3, 0.4) is 0 Å². The third kappa shape index (κ3) is 5.37. The standard InChI is InChI=1S/C12H17NOS/c1-10(2)9-13-12(14)7-3-5-11-6-4-8-15-11/h4,6,8H,1,3,5,7,9H2,2H3,(H,13,14). The van der Waals surface area contributed by atoms with Gasteiger partial charge in [-0.15, -0.1) is 11.3 Å². The first-order chi connectivity index (χ1) is 7.18. The molecule has 82 valence electrons. The molecular formula is C12H17NOS. The van der Waals surface area contributed by atoms with Crippen molar-refractivity contribution in [3.05, 3.63) is 34.5 Å². The second-order valence-electron chi connectivity index (χ2n) is 3.67. The van der Waals surface area contributed by atoms with Crippen LogP contribution in [0, 0.1) is 0 Å². The van der Waals surface area contributed by atoms with Crippen LogP contribution in [-0.4, -0.2) is 12.5 Å². The smallest absolute Gasteiger partial charge is 0.220 e. The van der Waals surface area contributed by atoms with Crippen molar-refractivity contribution in [2.24, 2.45) is 0 Å². The van der Waals surface area contributed by atoms with Crippen LogP contribution >= 0.6 is 11.3 Å². The van der Waals surface area contributed by atoms with Crippen LogP contribution in [0.2, 0.25) is 0 Å². The van der Waals surface area contributed by atoms with Gasteiger partial charge >= 0.3 is 0 Å². The monoisotopic (exact) mass is 223 g/mol. The Bertz CT molecular complexity index is 316. The quantitative estimate of drug-likeness (QED) is 0.738. The van der Waals surface area contributed by atoms with E-state index in [4.69, 9.17) is 0 Å². The van der Waals surface area contributed by atoms with E-state index in [2.05, 4.69) is 23.3 Å². The average Bonchev–Trinajstić information content (AvgIpc) is 2.67. The van der Waals surface area contributed by atoms with E-state index < -0.39 is 0 Å². The van der Waals surface area contributed by atoms with Crippen molar-refractivity contribution in [1.29, 1.82) is 0 Å². The number of carbonyl (C=O) groups excluding carboxylic acids is 1. The summed E-state index contributed by atoms with van der Waals surface area (Å²) in [6.45, 7) is 6.24. The van der Waals surface area contributed by atoms with Gasteiger partial charge in [-0.3, -0.25) is 4.79 Å². The molecule has 2 nitrogen and oxygen atoms in total. The van der Waals surface area contributed by atoms with Crippen molar-refractivity contribution in [2.45, 2.75) is 26.2 Å². The first kappa shape index (κ1) is 12.0. The lowest BCUT2D eigenvalue weighted by Gasteiger charge is -2.03. The van der Waals surface area contributed by atoms with Gasteiger partial charge in [0.05, 0.1) is 0 Å². The Hall–Kier alpha value is -1.09. The van der Waals surface area contributed by atoms with Crippen molar-refractivity contribution in [1.82, 2.24) is 5.32 Å². The summed E-state index contributed by atoms with van der Waals surface area (Å²) < 4.78 is 0. The molecule has 0 spiro atoms. The van der Waals surface area contributed by atoms with Crippen molar-refractivity contribution >= 4 is 17.2 Å². The molecule has 0 aliphatic heterocycles. The summed E-state index contributed by atoms with van der Waals surface area (Å²) in [7, 11) is 0. The number of aryl methyl sites for hydroxylation is 1. The van der Waals surface area contributed by atoms with Gasteiger partial charge in [0.1, 0.15) is 0 Å². The van der Waals surface area contributed by atoms with Gasteiger partial charge in [-0.25, -0.2) is 0 Å². The maximum absolute atomic E-state index is 11.3. The van der Waals surface area contributed by atoms with Crippen LogP contribution in [0.15, 0.2) is 29.7 Å². The highest BCUT2D eigenvalue weighted by Crippen LogP contribution is 2.11. The molecule has 0 aliphatic rings. The van der Waals surface area contributed by atoms with Crippen LogP contribution in [0.25, 0.3) is 0 Å². The molecule has 1 rings (SSSR count). The van der Waals surface area contributed by atoms with Crippen LogP contribution in [0.4, 0.5) is 0 Å². The van der Waals surface area contributed by atoms with Gasteiger partial charge in [0.25, 0.3) is 0 Å². The summed E-state index contributed by atoms with van der Waals surface area (Å²) >= 11 is 1.75. The SMILES string of the molecule is C=C(C)CNC(=O)CCCc1cccs1. The zero-order valence-corrected chi connectivity index (χ0v) is 9.90. The number of nitrogens with one attached hydrogen (secondary N) is 1. The highest BCUT2D eigenvalue weighted by molar-refractivity contribution is 7.09. The number of rotatable bonds is 6. The highest BCUT2D eigenvalue weighted by Gasteiger charge is 2.01. The zero-order chi connectivity index (χ0) is 11.1. The Balaban J connectivity index is 2.09. The first-order valence-corrected chi connectivity index (χ1v) is 6.00. The molecule has 0 bridgehead atoms. The predicted molar refractivity (Wildman–Crippen MR) is 65.1 cm³/mol. The van der Waals surface area contributed by atoms with Gasteiger partial charge in [0, 0.05) is 17.8 Å². The minimum Gasteiger partial charge on any atom is -0.352 e. The van der Waals surface area contributed by atoms with E-state index in [9.17, 15) is 4.79 Å². The Kier molecular flexibility index (Phi) is 5.12. The van der Waals surface area contributed by atoms with Gasteiger partial charge < -0.3 is 5.32 Å². The Labute approximate surface area is 95.0 Å². The second kappa shape index (κ2) is 6.40. The molecule has 3 heteroatoms. The number of hydrogen-bond donors (Lipinski definition) is 1. The highest BCUT2D eigenvalue weighted by atomic mass is 32.1. The maximum Gasteiger partial charge on any atom is 0.220 e. The molecule has 1 aromatic rings. The average molecular weight is 223 g/mol. The normalized spacial score (nSPS) is 9.93. The number of hydrogen-bond acceptors (Lipinski definition) is 2. The van der Waals surface area contributed by atoms with E-state index >= 15 is 0 Å². The second-order valence-corrected chi connectivity index (χ2v) is 4.70. The number of amides is 1. The molecule has 0 fully saturated rings. The van der Waals surface area contributed by atoms with E-state index in [0.717, 1.165) is 18.4 Å². The Morgan fingerprint density at radius 3 is 3.00 bits per heavy atom. The molecule has 0 aliphatic carbocycles. The topological polar surface area (TPSA) is 29.1 Å². The molecule has 0 saturated heterocycles. The van der Waals surface area contributed by atoms with Crippen molar-refractivity contribution < 1.29 is 4.79 Å². The fourth-order valence-corrected chi connectivity index (χ4v) is 1.97. The summed E-state index contributed by atoms with van der Waals surface area (Å²) in [6, 6.07) is 4.15. The Morgan fingerprint density at radius 2 is 2.40 bits per heavy atom. The molecular weight excluding hydrogens is 206 g/mol. The van der Waals surface area contributed by atoms with Crippen molar-refractivity contribution in [2.75, 3.05) is 6.54 Å². The van der Waals surface area contributed by atoms with Crippen molar-refractivity contribution in [3.8, 4) is 0 Å². The van der Waals surface area contributed by atoms with Crippen molar-refractivity contribution in [3.63, 3.8) is 0 Å². The number of carbonyl (C=O) groups is 1. The first-order valence-electron chi connectivity index (χ1n) is 5.12. The largest absolute Gasteiger partial charge is 0.352 e. The molecule has 0 radical (unpaired) electrons. The molecule has 1 N–H and O–H groups in total. The maximum atomic E-state index is 11.3. The third-order valence-electron chi connectivity index (χ3n) is 1.99. The minimum atomic E-state index is 0.120. The zero-order valence-electron chi connectivity index (χ0n) is 9.08.